The van der Waals surface area contributed by atoms with Crippen LogP contribution in [0.15, 0.2) is 24.3 Å². The minimum atomic E-state index is -0.949. The van der Waals surface area contributed by atoms with Crippen molar-refractivity contribution in [3.63, 3.8) is 0 Å². The lowest BCUT2D eigenvalue weighted by Gasteiger charge is -2.26. The average Bonchev–Trinajstić information content (AvgIpc) is 2.80. The van der Waals surface area contributed by atoms with Gasteiger partial charge < -0.3 is 19.8 Å². The van der Waals surface area contributed by atoms with Gasteiger partial charge in [0, 0.05) is 6.92 Å². The lowest BCUT2D eigenvalue weighted by atomic mass is 10.2. The average molecular weight is 311 g/mol. The number of β-amino-alcohol motifs (C(OH)–C–C–N with tert-alkyl or cyclic N) is 1. The van der Waals surface area contributed by atoms with E-state index in [4.69, 9.17) is 9.84 Å². The lowest BCUT2D eigenvalue weighted by molar-refractivity contribution is -0.132. The fraction of sp³-hybridized carbons (Fsp3) is 0.429. The number of carbonyl (C=O) groups is 2. The summed E-state index contributed by atoms with van der Waals surface area (Å²) < 4.78 is 4.96. The highest BCUT2D eigenvalue weighted by molar-refractivity contribution is 8.00. The number of carbonyl (C=O) groups excluding carboxylic acids is 2. The Balaban J connectivity index is 2.12. The molecule has 0 spiro atoms. The van der Waals surface area contributed by atoms with Gasteiger partial charge in [0.1, 0.15) is 11.1 Å². The van der Waals surface area contributed by atoms with Crippen LogP contribution in [-0.2, 0) is 9.59 Å². The number of benzene rings is 1. The molecule has 0 saturated carbocycles. The van der Waals surface area contributed by atoms with Crippen LogP contribution < -0.4 is 4.74 Å². The minimum absolute atomic E-state index is 0.0680. The number of ether oxygens (including phenoxy) is 1. The first kappa shape index (κ1) is 15.8. The number of aliphatic hydroxyl groups is 2. The number of amides is 1. The zero-order valence-electron chi connectivity index (χ0n) is 11.6. The third-order valence-corrected chi connectivity index (χ3v) is 4.27. The topological polar surface area (TPSA) is 87.1 Å². The van der Waals surface area contributed by atoms with Crippen LogP contribution in [0.5, 0.6) is 5.75 Å². The summed E-state index contributed by atoms with van der Waals surface area (Å²) >= 11 is 1.46. The van der Waals surface area contributed by atoms with Gasteiger partial charge in [-0.15, -0.1) is 11.8 Å². The molecule has 1 aliphatic heterocycles. The van der Waals surface area contributed by atoms with Crippen molar-refractivity contribution in [1.29, 1.82) is 0 Å². The Labute approximate surface area is 126 Å². The second kappa shape index (κ2) is 6.93. The molecule has 1 aromatic rings. The molecular weight excluding hydrogens is 294 g/mol. The van der Waals surface area contributed by atoms with Crippen LogP contribution in [0.2, 0.25) is 0 Å². The molecule has 1 saturated heterocycles. The summed E-state index contributed by atoms with van der Waals surface area (Å²) in [6, 6.07) is 6.90. The van der Waals surface area contributed by atoms with Crippen LogP contribution in [0.3, 0.4) is 0 Å². The molecule has 1 fully saturated rings. The molecule has 7 heteroatoms. The monoisotopic (exact) mass is 311 g/mol. The quantitative estimate of drug-likeness (QED) is 0.609. The molecule has 2 unspecified atom stereocenters. The van der Waals surface area contributed by atoms with Crippen molar-refractivity contribution in [1.82, 2.24) is 4.90 Å². The smallest absolute Gasteiger partial charge is 0.308 e. The van der Waals surface area contributed by atoms with E-state index in [1.54, 1.807) is 29.2 Å². The number of rotatable bonds is 5. The van der Waals surface area contributed by atoms with Gasteiger partial charge in [-0.1, -0.05) is 12.1 Å². The number of thioether (sulfide) groups is 1. The number of hydrogen-bond acceptors (Lipinski definition) is 6. The molecule has 1 heterocycles. The first-order valence-electron chi connectivity index (χ1n) is 6.49. The molecule has 2 rings (SSSR count). The zero-order valence-corrected chi connectivity index (χ0v) is 12.4. The van der Waals surface area contributed by atoms with E-state index in [9.17, 15) is 14.7 Å². The predicted molar refractivity (Wildman–Crippen MR) is 77.8 cm³/mol. The van der Waals surface area contributed by atoms with Crippen LogP contribution in [0, 0.1) is 0 Å². The van der Waals surface area contributed by atoms with Crippen LogP contribution in [-0.4, -0.2) is 52.0 Å². The molecule has 0 aliphatic carbocycles. The summed E-state index contributed by atoms with van der Waals surface area (Å²) in [4.78, 5) is 24.3. The van der Waals surface area contributed by atoms with Crippen molar-refractivity contribution >= 4 is 23.6 Å². The zero-order chi connectivity index (χ0) is 15.4. The van der Waals surface area contributed by atoms with Crippen LogP contribution >= 0.6 is 11.8 Å². The van der Waals surface area contributed by atoms with E-state index in [1.165, 1.54) is 18.7 Å². The van der Waals surface area contributed by atoms with Crippen molar-refractivity contribution < 1.29 is 24.5 Å². The normalized spacial score (nSPS) is 19.7. The van der Waals surface area contributed by atoms with Gasteiger partial charge in [0.05, 0.1) is 25.0 Å². The Bertz CT molecular complexity index is 519. The van der Waals surface area contributed by atoms with E-state index in [-0.39, 0.29) is 30.4 Å². The lowest BCUT2D eigenvalue weighted by Crippen LogP contribution is -2.37. The fourth-order valence-corrected chi connectivity index (χ4v) is 3.28. The largest absolute Gasteiger partial charge is 0.427 e. The highest BCUT2D eigenvalue weighted by Crippen LogP contribution is 2.39. The fourth-order valence-electron chi connectivity index (χ4n) is 2.08. The van der Waals surface area contributed by atoms with Gasteiger partial charge in [-0.2, -0.15) is 0 Å². The number of esters is 1. The standard InChI is InChI=1S/C14H17NO5S/c1-9(17)20-12-4-2-10(3-5-12)14-15(6-11(18)7-16)13(19)8-21-14/h2-5,11,14,16,18H,6-8H2,1H3. The molecule has 1 aliphatic rings. The first-order chi connectivity index (χ1) is 10.0. The Kier molecular flexibility index (Phi) is 5.22. The molecule has 2 atom stereocenters. The third kappa shape index (κ3) is 3.96. The van der Waals surface area contributed by atoms with Crippen molar-refractivity contribution in [3.8, 4) is 5.75 Å². The highest BCUT2D eigenvalue weighted by atomic mass is 32.2. The van der Waals surface area contributed by atoms with Crippen molar-refractivity contribution in [2.24, 2.45) is 0 Å². The maximum atomic E-state index is 11.9. The van der Waals surface area contributed by atoms with Crippen molar-refractivity contribution in [3.05, 3.63) is 29.8 Å². The van der Waals surface area contributed by atoms with Crippen LogP contribution in [0.1, 0.15) is 17.9 Å². The maximum absolute atomic E-state index is 11.9. The first-order valence-corrected chi connectivity index (χ1v) is 7.54. The molecule has 21 heavy (non-hydrogen) atoms. The molecule has 1 amide bonds. The maximum Gasteiger partial charge on any atom is 0.308 e. The van der Waals surface area contributed by atoms with Crippen LogP contribution in [0.4, 0.5) is 0 Å². The second-order valence-corrected chi connectivity index (χ2v) is 5.78. The third-order valence-electron chi connectivity index (χ3n) is 3.01. The minimum Gasteiger partial charge on any atom is -0.427 e. The number of hydrogen-bond donors (Lipinski definition) is 2. The predicted octanol–water partition coefficient (Wildman–Crippen LogP) is 0.539. The van der Waals surface area contributed by atoms with E-state index < -0.39 is 6.10 Å². The molecule has 0 radical (unpaired) electrons. The summed E-state index contributed by atoms with van der Waals surface area (Å²) in [5.41, 5.74) is 0.881. The van der Waals surface area contributed by atoms with E-state index in [2.05, 4.69) is 0 Å². The van der Waals surface area contributed by atoms with Gasteiger partial charge in [-0.05, 0) is 17.7 Å². The van der Waals surface area contributed by atoms with Crippen LogP contribution in [0.25, 0.3) is 0 Å². The molecule has 0 aromatic heterocycles. The van der Waals surface area contributed by atoms with Crippen molar-refractivity contribution in [2.45, 2.75) is 18.4 Å². The van der Waals surface area contributed by atoms with E-state index >= 15 is 0 Å². The second-order valence-electron chi connectivity index (χ2n) is 4.71. The summed E-state index contributed by atoms with van der Waals surface area (Å²) in [6.07, 6.45) is -0.949. The van der Waals surface area contributed by atoms with E-state index in [0.29, 0.717) is 11.5 Å². The molecule has 0 bridgehead atoms. The van der Waals surface area contributed by atoms with Gasteiger partial charge in [0.15, 0.2) is 0 Å². The van der Waals surface area contributed by atoms with E-state index in [1.807, 2.05) is 0 Å². The van der Waals surface area contributed by atoms with Gasteiger partial charge in [-0.3, -0.25) is 9.59 Å². The summed E-state index contributed by atoms with van der Waals surface area (Å²) in [7, 11) is 0. The number of aliphatic hydroxyl groups excluding tert-OH is 2. The summed E-state index contributed by atoms with van der Waals surface area (Å²) in [5, 5.41) is 18.2. The highest BCUT2D eigenvalue weighted by Gasteiger charge is 2.33. The van der Waals surface area contributed by atoms with Gasteiger partial charge >= 0.3 is 5.97 Å². The Morgan fingerprint density at radius 3 is 2.71 bits per heavy atom. The number of nitrogens with zero attached hydrogens (tertiary/aromatic N) is 1. The molecule has 2 N–H and O–H groups in total. The molecule has 6 nitrogen and oxygen atoms in total. The summed E-state index contributed by atoms with van der Waals surface area (Å²) in [5.74, 6) is 0.332. The molecule has 114 valence electrons. The van der Waals surface area contributed by atoms with Gasteiger partial charge in [0.25, 0.3) is 0 Å². The molecule has 1 aromatic carbocycles. The van der Waals surface area contributed by atoms with E-state index in [0.717, 1.165) is 5.56 Å². The Morgan fingerprint density at radius 2 is 2.14 bits per heavy atom. The Hall–Kier alpha value is -1.57. The summed E-state index contributed by atoms with van der Waals surface area (Å²) in [6.45, 7) is 1.04. The SMILES string of the molecule is CC(=O)Oc1ccc(C2SCC(=O)N2CC(O)CO)cc1. The Morgan fingerprint density at radius 1 is 1.48 bits per heavy atom. The van der Waals surface area contributed by atoms with Gasteiger partial charge in [-0.25, -0.2) is 0 Å². The molecular formula is C14H17NO5S. The van der Waals surface area contributed by atoms with Crippen molar-refractivity contribution in [2.75, 3.05) is 18.9 Å². The van der Waals surface area contributed by atoms with Gasteiger partial charge in [0.2, 0.25) is 5.91 Å².